The smallest absolute Gasteiger partial charge is 0.251 e. The highest BCUT2D eigenvalue weighted by Crippen LogP contribution is 2.15. The van der Waals surface area contributed by atoms with Gasteiger partial charge < -0.3 is 20.9 Å². The van der Waals surface area contributed by atoms with Gasteiger partial charge in [0.2, 0.25) is 0 Å². The summed E-state index contributed by atoms with van der Waals surface area (Å²) in [6.07, 6.45) is 3.77. The number of benzene rings is 1. The van der Waals surface area contributed by atoms with Crippen LogP contribution in [0.25, 0.3) is 0 Å². The second-order valence-electron chi connectivity index (χ2n) is 7.28. The van der Waals surface area contributed by atoms with Gasteiger partial charge in [-0.25, -0.2) is 4.99 Å². The molecule has 1 heterocycles. The Morgan fingerprint density at radius 2 is 2.04 bits per heavy atom. The minimum Gasteiger partial charge on any atom is -0.357 e. The van der Waals surface area contributed by atoms with Crippen LogP contribution in [0, 0.1) is 5.92 Å². The Labute approximate surface area is 163 Å². The minimum absolute atomic E-state index is 0.0713. The van der Waals surface area contributed by atoms with E-state index in [9.17, 15) is 4.79 Å². The molecule has 2 rings (SSSR count). The molecule has 6 nitrogen and oxygen atoms in total. The van der Waals surface area contributed by atoms with Gasteiger partial charge in [-0.15, -0.1) is 0 Å². The number of rotatable bonds is 8. The van der Waals surface area contributed by atoms with E-state index >= 15 is 0 Å². The summed E-state index contributed by atoms with van der Waals surface area (Å²) in [7, 11) is 1.64. The van der Waals surface area contributed by atoms with Crippen molar-refractivity contribution in [2.75, 3.05) is 39.8 Å². The lowest BCUT2D eigenvalue weighted by atomic mass is 9.99. The van der Waals surface area contributed by atoms with E-state index in [1.165, 1.54) is 25.9 Å². The number of nitrogens with zero attached hydrogens (tertiary/aromatic N) is 2. The Kier molecular flexibility index (Phi) is 9.11. The first-order valence-electron chi connectivity index (χ1n) is 10.2. The van der Waals surface area contributed by atoms with Crippen molar-refractivity contribution in [2.24, 2.45) is 10.9 Å². The van der Waals surface area contributed by atoms with Gasteiger partial charge in [-0.3, -0.25) is 4.79 Å². The first-order chi connectivity index (χ1) is 13.1. The molecule has 27 heavy (non-hydrogen) atoms. The van der Waals surface area contributed by atoms with Gasteiger partial charge >= 0.3 is 0 Å². The molecule has 0 bridgehead atoms. The number of aliphatic imine (C=N–C) groups is 1. The maximum absolute atomic E-state index is 11.8. The van der Waals surface area contributed by atoms with Crippen molar-refractivity contribution in [3.63, 3.8) is 0 Å². The fourth-order valence-electron chi connectivity index (χ4n) is 3.26. The number of hydrogen-bond acceptors (Lipinski definition) is 3. The van der Waals surface area contributed by atoms with Crippen molar-refractivity contribution in [1.82, 2.24) is 20.9 Å². The van der Waals surface area contributed by atoms with Crippen LogP contribution in [0.3, 0.4) is 0 Å². The van der Waals surface area contributed by atoms with Crippen LogP contribution in [0.5, 0.6) is 0 Å². The van der Waals surface area contributed by atoms with Crippen LogP contribution in [0.15, 0.2) is 29.3 Å². The molecule has 6 heteroatoms. The van der Waals surface area contributed by atoms with Crippen molar-refractivity contribution in [3.05, 3.63) is 35.4 Å². The highest BCUT2D eigenvalue weighted by Gasteiger charge is 2.14. The van der Waals surface area contributed by atoms with Crippen LogP contribution in [0.2, 0.25) is 0 Å². The predicted octanol–water partition coefficient (Wildman–Crippen LogP) is 2.22. The quantitative estimate of drug-likeness (QED) is 0.371. The number of guanidine groups is 1. The largest absolute Gasteiger partial charge is 0.357 e. The van der Waals surface area contributed by atoms with E-state index < -0.39 is 0 Å². The lowest BCUT2D eigenvalue weighted by Gasteiger charge is -2.30. The summed E-state index contributed by atoms with van der Waals surface area (Å²) < 4.78 is 0. The monoisotopic (exact) mass is 373 g/mol. The van der Waals surface area contributed by atoms with Gasteiger partial charge in [0.05, 0.1) is 6.54 Å². The van der Waals surface area contributed by atoms with Gasteiger partial charge in [0.15, 0.2) is 5.96 Å². The van der Waals surface area contributed by atoms with E-state index in [1.807, 2.05) is 24.3 Å². The van der Waals surface area contributed by atoms with Gasteiger partial charge in [-0.05, 0) is 69.4 Å². The van der Waals surface area contributed by atoms with E-state index in [4.69, 9.17) is 0 Å². The molecule has 1 aromatic rings. The fraction of sp³-hybridized carbons (Fsp3) is 0.619. The summed E-state index contributed by atoms with van der Waals surface area (Å²) in [4.78, 5) is 19.0. The molecule has 0 unspecified atom stereocenters. The highest BCUT2D eigenvalue weighted by atomic mass is 16.1. The number of nitrogens with one attached hydrogen (secondary N) is 3. The molecule has 1 fully saturated rings. The standard InChI is InChI=1S/C21H35N5O/c1-4-23-21(24-11-6-12-26-13-9-17(2)10-14-26)25-16-18-7-5-8-19(15-18)20(27)22-3/h5,7-8,15,17H,4,6,9-14,16H2,1-3H3,(H,22,27)(H2,23,24,25). The lowest BCUT2D eigenvalue weighted by Crippen LogP contribution is -2.39. The molecular weight excluding hydrogens is 338 g/mol. The molecule has 1 amide bonds. The van der Waals surface area contributed by atoms with E-state index in [0.717, 1.165) is 43.5 Å². The van der Waals surface area contributed by atoms with Crippen molar-refractivity contribution in [2.45, 2.75) is 39.7 Å². The van der Waals surface area contributed by atoms with Crippen molar-refractivity contribution in [1.29, 1.82) is 0 Å². The van der Waals surface area contributed by atoms with Crippen molar-refractivity contribution >= 4 is 11.9 Å². The van der Waals surface area contributed by atoms with Gasteiger partial charge in [-0.1, -0.05) is 19.1 Å². The molecular formula is C21H35N5O. The molecule has 3 N–H and O–H groups in total. The third-order valence-corrected chi connectivity index (χ3v) is 5.00. The molecule has 0 atom stereocenters. The molecule has 0 saturated carbocycles. The van der Waals surface area contributed by atoms with Gasteiger partial charge in [0.25, 0.3) is 5.91 Å². The average molecular weight is 374 g/mol. The Bertz CT molecular complexity index is 608. The van der Waals surface area contributed by atoms with E-state index in [1.54, 1.807) is 7.05 Å². The minimum atomic E-state index is -0.0713. The van der Waals surface area contributed by atoms with Crippen LogP contribution >= 0.6 is 0 Å². The predicted molar refractivity (Wildman–Crippen MR) is 112 cm³/mol. The van der Waals surface area contributed by atoms with Crippen LogP contribution in [-0.2, 0) is 6.54 Å². The topological polar surface area (TPSA) is 68.8 Å². The number of piperidine rings is 1. The third-order valence-electron chi connectivity index (χ3n) is 5.00. The molecule has 150 valence electrons. The van der Waals surface area contributed by atoms with E-state index in [2.05, 4.69) is 39.7 Å². The van der Waals surface area contributed by atoms with Gasteiger partial charge in [0, 0.05) is 25.7 Å². The maximum atomic E-state index is 11.8. The first kappa shape index (κ1) is 21.2. The second kappa shape index (κ2) is 11.6. The number of likely N-dealkylation sites (tertiary alicyclic amines) is 1. The summed E-state index contributed by atoms with van der Waals surface area (Å²) >= 11 is 0. The fourth-order valence-corrected chi connectivity index (χ4v) is 3.26. The summed E-state index contributed by atoms with van der Waals surface area (Å²) in [6.45, 7) is 10.3. The van der Waals surface area contributed by atoms with Crippen LogP contribution in [-0.4, -0.2) is 56.5 Å². The molecule has 1 aromatic carbocycles. The normalized spacial score (nSPS) is 16.2. The maximum Gasteiger partial charge on any atom is 0.251 e. The Morgan fingerprint density at radius 1 is 1.26 bits per heavy atom. The number of amides is 1. The molecule has 0 spiro atoms. The van der Waals surface area contributed by atoms with Crippen LogP contribution in [0.4, 0.5) is 0 Å². The van der Waals surface area contributed by atoms with Crippen LogP contribution in [0.1, 0.15) is 49.0 Å². The summed E-state index contributed by atoms with van der Waals surface area (Å²) in [5.41, 5.74) is 1.69. The Balaban J connectivity index is 1.79. The van der Waals surface area contributed by atoms with E-state index in [0.29, 0.717) is 12.1 Å². The SMILES string of the molecule is CCNC(=NCc1cccc(C(=O)NC)c1)NCCCN1CCC(C)CC1. The van der Waals surface area contributed by atoms with Gasteiger partial charge in [-0.2, -0.15) is 0 Å². The lowest BCUT2D eigenvalue weighted by molar-refractivity contribution is 0.0963. The Morgan fingerprint density at radius 3 is 2.74 bits per heavy atom. The summed E-state index contributed by atoms with van der Waals surface area (Å²) in [5, 5.41) is 9.37. The molecule has 1 saturated heterocycles. The first-order valence-corrected chi connectivity index (χ1v) is 10.2. The highest BCUT2D eigenvalue weighted by molar-refractivity contribution is 5.94. The summed E-state index contributed by atoms with van der Waals surface area (Å²) in [5.74, 6) is 1.64. The molecule has 1 aliphatic heterocycles. The Hall–Kier alpha value is -2.08. The third kappa shape index (κ3) is 7.59. The van der Waals surface area contributed by atoms with Crippen LogP contribution < -0.4 is 16.0 Å². The second-order valence-corrected chi connectivity index (χ2v) is 7.28. The zero-order chi connectivity index (χ0) is 19.5. The van der Waals surface area contributed by atoms with Gasteiger partial charge in [0.1, 0.15) is 0 Å². The molecule has 0 aliphatic carbocycles. The van der Waals surface area contributed by atoms with Crippen molar-refractivity contribution < 1.29 is 4.79 Å². The van der Waals surface area contributed by atoms with Crippen molar-refractivity contribution in [3.8, 4) is 0 Å². The zero-order valence-corrected chi connectivity index (χ0v) is 17.1. The number of hydrogen-bond donors (Lipinski definition) is 3. The number of carbonyl (C=O) groups excluding carboxylic acids is 1. The molecule has 0 aromatic heterocycles. The molecule has 0 radical (unpaired) electrons. The average Bonchev–Trinajstić information content (AvgIpc) is 2.70. The number of carbonyl (C=O) groups is 1. The van der Waals surface area contributed by atoms with E-state index in [-0.39, 0.29) is 5.91 Å². The summed E-state index contributed by atoms with van der Waals surface area (Å²) in [6, 6.07) is 7.60. The zero-order valence-electron chi connectivity index (χ0n) is 17.1. The molecule has 1 aliphatic rings.